The number of piperazine rings is 1. The van der Waals surface area contributed by atoms with Gasteiger partial charge in [0.1, 0.15) is 5.82 Å². The summed E-state index contributed by atoms with van der Waals surface area (Å²) in [6.07, 6.45) is 0. The summed E-state index contributed by atoms with van der Waals surface area (Å²) >= 11 is 17.0. The highest BCUT2D eigenvalue weighted by molar-refractivity contribution is 6.76. The Balaban J connectivity index is 1.77. The number of para-hydroxylation sites is 1. The van der Waals surface area contributed by atoms with E-state index in [-0.39, 0.29) is 0 Å². The Morgan fingerprint density at radius 3 is 2.43 bits per heavy atom. The third-order valence-corrected chi connectivity index (χ3v) is 4.53. The number of halogens is 3. The number of nitrogens with zero attached hydrogens (tertiary/aromatic N) is 3. The first-order valence-electron chi connectivity index (χ1n) is 7.34. The molecule has 1 amide bonds. The Morgan fingerprint density at radius 2 is 1.78 bits per heavy atom. The van der Waals surface area contributed by atoms with Crippen molar-refractivity contribution in [2.45, 2.75) is 10.7 Å². The molecule has 2 heterocycles. The summed E-state index contributed by atoms with van der Waals surface area (Å²) in [7, 11) is 0. The fourth-order valence-electron chi connectivity index (χ4n) is 2.81. The number of aromatic nitrogens is 1. The lowest BCUT2D eigenvalue weighted by Gasteiger charge is -2.36. The minimum absolute atomic E-state index is 0.468. The van der Waals surface area contributed by atoms with E-state index in [1.165, 1.54) is 5.56 Å². The number of pyridine rings is 1. The number of benzene rings is 1. The molecule has 7 heteroatoms. The molecule has 1 aliphatic heterocycles. The first-order valence-corrected chi connectivity index (χ1v) is 8.47. The Bertz CT molecular complexity index is 737. The van der Waals surface area contributed by atoms with E-state index in [2.05, 4.69) is 24.0 Å². The Hall–Kier alpha value is -1.23. The Kier molecular flexibility index (Phi) is 4.59. The fraction of sp³-hybridized carbons (Fsp3) is 0.375. The average Bonchev–Trinajstić information content (AvgIpc) is 2.53. The zero-order valence-electron chi connectivity index (χ0n) is 12.6. The maximum absolute atomic E-state index is 12.0. The van der Waals surface area contributed by atoms with Crippen LogP contribution in [0.4, 0.5) is 5.82 Å². The van der Waals surface area contributed by atoms with Crippen molar-refractivity contribution in [1.82, 2.24) is 9.88 Å². The molecule has 0 N–H and O–H groups in total. The van der Waals surface area contributed by atoms with Gasteiger partial charge in [-0.3, -0.25) is 4.79 Å². The maximum Gasteiger partial charge on any atom is 0.274 e. The van der Waals surface area contributed by atoms with Crippen molar-refractivity contribution < 1.29 is 4.79 Å². The van der Waals surface area contributed by atoms with Crippen LogP contribution in [-0.4, -0.2) is 45.8 Å². The Labute approximate surface area is 149 Å². The van der Waals surface area contributed by atoms with E-state index < -0.39 is 9.70 Å². The van der Waals surface area contributed by atoms with Gasteiger partial charge in [-0.05, 0) is 24.6 Å². The molecular formula is C16H16Cl3N3O. The number of aryl methyl sites for hydroxylation is 1. The molecule has 1 saturated heterocycles. The number of hydrogen-bond donors (Lipinski definition) is 0. The van der Waals surface area contributed by atoms with Crippen LogP contribution < -0.4 is 4.90 Å². The highest BCUT2D eigenvalue weighted by Gasteiger charge is 2.36. The van der Waals surface area contributed by atoms with E-state index in [0.717, 1.165) is 16.7 Å². The lowest BCUT2D eigenvalue weighted by Crippen LogP contribution is -2.52. The van der Waals surface area contributed by atoms with Crippen LogP contribution in [0.5, 0.6) is 0 Å². The molecule has 0 unspecified atom stereocenters. The molecule has 2 aromatic rings. The standard InChI is InChI=1S/C16H16Cl3N3O/c1-11-10-14(20-13-5-3-2-4-12(11)13)21-6-8-22(9-7-21)15(23)16(17,18)19/h2-5,10H,6-9H2,1H3. The number of fused-ring (bicyclic) bond motifs is 1. The lowest BCUT2D eigenvalue weighted by atomic mass is 10.1. The van der Waals surface area contributed by atoms with Crippen LogP contribution in [0.1, 0.15) is 5.56 Å². The van der Waals surface area contributed by atoms with E-state index in [9.17, 15) is 4.79 Å². The van der Waals surface area contributed by atoms with Crippen LogP contribution in [0.15, 0.2) is 30.3 Å². The first-order chi connectivity index (χ1) is 10.9. The number of hydrogen-bond acceptors (Lipinski definition) is 3. The van der Waals surface area contributed by atoms with Gasteiger partial charge in [0.15, 0.2) is 0 Å². The molecule has 122 valence electrons. The Morgan fingerprint density at radius 1 is 1.13 bits per heavy atom. The summed E-state index contributed by atoms with van der Waals surface area (Å²) in [5.74, 6) is 0.451. The molecule has 1 aromatic heterocycles. The topological polar surface area (TPSA) is 36.4 Å². The zero-order valence-corrected chi connectivity index (χ0v) is 14.9. The monoisotopic (exact) mass is 371 g/mol. The summed E-state index contributed by atoms with van der Waals surface area (Å²) in [4.78, 5) is 20.4. The molecule has 3 rings (SSSR count). The summed E-state index contributed by atoms with van der Waals surface area (Å²) < 4.78 is -1.89. The van der Waals surface area contributed by atoms with Crippen LogP contribution in [0.25, 0.3) is 10.9 Å². The minimum Gasteiger partial charge on any atom is -0.353 e. The molecule has 0 radical (unpaired) electrons. The van der Waals surface area contributed by atoms with Gasteiger partial charge in [0.2, 0.25) is 0 Å². The molecule has 4 nitrogen and oxygen atoms in total. The van der Waals surface area contributed by atoms with Gasteiger partial charge in [0.25, 0.3) is 9.70 Å². The minimum atomic E-state index is -1.89. The van der Waals surface area contributed by atoms with Gasteiger partial charge in [0.05, 0.1) is 5.52 Å². The largest absolute Gasteiger partial charge is 0.353 e. The van der Waals surface area contributed by atoms with E-state index in [0.29, 0.717) is 26.2 Å². The van der Waals surface area contributed by atoms with Crippen molar-refractivity contribution in [3.63, 3.8) is 0 Å². The molecular weight excluding hydrogens is 357 g/mol. The van der Waals surface area contributed by atoms with Gasteiger partial charge in [0, 0.05) is 31.6 Å². The zero-order chi connectivity index (χ0) is 16.6. The van der Waals surface area contributed by atoms with Crippen LogP contribution in [-0.2, 0) is 4.79 Å². The van der Waals surface area contributed by atoms with Crippen molar-refractivity contribution in [1.29, 1.82) is 0 Å². The predicted molar refractivity (Wildman–Crippen MR) is 95.6 cm³/mol. The summed E-state index contributed by atoms with van der Waals surface area (Å²) in [5, 5.41) is 1.15. The van der Waals surface area contributed by atoms with Gasteiger partial charge in [-0.25, -0.2) is 4.98 Å². The van der Waals surface area contributed by atoms with Gasteiger partial charge in [-0.2, -0.15) is 0 Å². The third-order valence-electron chi connectivity index (χ3n) is 4.04. The fourth-order valence-corrected chi connectivity index (χ4v) is 3.17. The lowest BCUT2D eigenvalue weighted by molar-refractivity contribution is -0.130. The van der Waals surface area contributed by atoms with Crippen LogP contribution in [0.3, 0.4) is 0 Å². The molecule has 0 saturated carbocycles. The highest BCUT2D eigenvalue weighted by Crippen LogP contribution is 2.29. The molecule has 0 spiro atoms. The number of carbonyl (C=O) groups excluding carboxylic acids is 1. The molecule has 0 aliphatic carbocycles. The first kappa shape index (κ1) is 16.6. The summed E-state index contributed by atoms with van der Waals surface area (Å²) in [6, 6.07) is 10.1. The number of alkyl halides is 3. The molecule has 0 atom stereocenters. The molecule has 1 fully saturated rings. The molecule has 1 aromatic carbocycles. The SMILES string of the molecule is Cc1cc(N2CCN(C(=O)C(Cl)(Cl)Cl)CC2)nc2ccccc12. The number of rotatable bonds is 1. The maximum atomic E-state index is 12.0. The predicted octanol–water partition coefficient (Wildman–Crippen LogP) is 3.56. The van der Waals surface area contributed by atoms with E-state index >= 15 is 0 Å². The second-order valence-corrected chi connectivity index (χ2v) is 7.87. The highest BCUT2D eigenvalue weighted by atomic mass is 35.6. The normalized spacial score (nSPS) is 16.0. The van der Waals surface area contributed by atoms with Gasteiger partial charge < -0.3 is 9.80 Å². The molecule has 1 aliphatic rings. The average molecular weight is 373 g/mol. The van der Waals surface area contributed by atoms with Crippen LogP contribution in [0.2, 0.25) is 0 Å². The second kappa shape index (κ2) is 6.34. The van der Waals surface area contributed by atoms with Gasteiger partial charge in [-0.1, -0.05) is 53.0 Å². The van der Waals surface area contributed by atoms with Crippen molar-refractivity contribution in [3.8, 4) is 0 Å². The second-order valence-electron chi connectivity index (χ2n) is 5.59. The summed E-state index contributed by atoms with van der Waals surface area (Å²) in [5.41, 5.74) is 2.16. The van der Waals surface area contributed by atoms with Gasteiger partial charge >= 0.3 is 0 Å². The van der Waals surface area contributed by atoms with Gasteiger partial charge in [-0.15, -0.1) is 0 Å². The van der Waals surface area contributed by atoms with Crippen LogP contribution >= 0.6 is 34.8 Å². The number of amides is 1. The summed E-state index contributed by atoms with van der Waals surface area (Å²) in [6.45, 7) is 4.44. The van der Waals surface area contributed by atoms with Crippen LogP contribution in [0, 0.1) is 6.92 Å². The van der Waals surface area contributed by atoms with Crippen molar-refractivity contribution in [3.05, 3.63) is 35.9 Å². The molecule has 0 bridgehead atoms. The van der Waals surface area contributed by atoms with E-state index in [1.54, 1.807) is 4.90 Å². The number of anilines is 1. The third kappa shape index (κ3) is 3.49. The van der Waals surface area contributed by atoms with Crippen molar-refractivity contribution in [2.24, 2.45) is 0 Å². The number of carbonyl (C=O) groups is 1. The molecule has 23 heavy (non-hydrogen) atoms. The quantitative estimate of drug-likeness (QED) is 0.718. The van der Waals surface area contributed by atoms with Crippen molar-refractivity contribution in [2.75, 3.05) is 31.1 Å². The van der Waals surface area contributed by atoms with Crippen molar-refractivity contribution >= 4 is 57.4 Å². The smallest absolute Gasteiger partial charge is 0.274 e. The van der Waals surface area contributed by atoms with E-state index in [4.69, 9.17) is 39.8 Å². The van der Waals surface area contributed by atoms with E-state index in [1.807, 2.05) is 18.2 Å².